The minimum Gasteiger partial charge on any atom is -0.426 e. The van der Waals surface area contributed by atoms with Gasteiger partial charge in [-0.05, 0) is 12.1 Å². The lowest BCUT2D eigenvalue weighted by molar-refractivity contribution is -0.134. The normalized spacial score (nSPS) is 9.69. The van der Waals surface area contributed by atoms with E-state index in [9.17, 15) is 14.0 Å². The van der Waals surface area contributed by atoms with E-state index in [1.54, 1.807) is 6.92 Å². The van der Waals surface area contributed by atoms with Crippen molar-refractivity contribution in [2.75, 3.05) is 5.32 Å². The van der Waals surface area contributed by atoms with Crippen LogP contribution in [-0.4, -0.2) is 11.9 Å². The van der Waals surface area contributed by atoms with Crippen LogP contribution in [0.2, 0.25) is 0 Å². The molecular weight excluding hydrogens is 213 g/mol. The van der Waals surface area contributed by atoms with Crippen LogP contribution in [0.5, 0.6) is 5.75 Å². The summed E-state index contributed by atoms with van der Waals surface area (Å²) in [5.41, 5.74) is -0.00565. The zero-order valence-corrected chi connectivity index (χ0v) is 9.04. The van der Waals surface area contributed by atoms with E-state index < -0.39 is 17.7 Å². The molecule has 0 aliphatic carbocycles. The number of halogens is 1. The van der Waals surface area contributed by atoms with Crippen LogP contribution >= 0.6 is 0 Å². The van der Waals surface area contributed by atoms with Crippen LogP contribution in [0.15, 0.2) is 18.2 Å². The fraction of sp³-hybridized carbons (Fsp3) is 0.273. The number of nitrogens with one attached hydrogen (secondary N) is 1. The number of esters is 1. The van der Waals surface area contributed by atoms with Crippen molar-refractivity contribution in [1.82, 2.24) is 0 Å². The second-order valence-electron chi connectivity index (χ2n) is 3.15. The highest BCUT2D eigenvalue weighted by molar-refractivity contribution is 5.89. The first-order chi connectivity index (χ1) is 7.52. The number of hydrogen-bond donors (Lipinski definition) is 1. The fourth-order valence-electron chi connectivity index (χ4n) is 1.06. The molecule has 1 aromatic rings. The molecule has 0 aromatic heterocycles. The van der Waals surface area contributed by atoms with Gasteiger partial charge in [0.25, 0.3) is 0 Å². The molecule has 0 aliphatic heterocycles. The summed E-state index contributed by atoms with van der Waals surface area (Å²) in [7, 11) is 0. The highest BCUT2D eigenvalue weighted by atomic mass is 19.1. The molecule has 4 nitrogen and oxygen atoms in total. The lowest BCUT2D eigenvalue weighted by Gasteiger charge is -2.07. The quantitative estimate of drug-likeness (QED) is 0.633. The predicted octanol–water partition coefficient (Wildman–Crippen LogP) is 2.10. The molecule has 1 N–H and O–H groups in total. The Labute approximate surface area is 92.4 Å². The van der Waals surface area contributed by atoms with E-state index >= 15 is 0 Å². The number of anilines is 1. The lowest BCUT2D eigenvalue weighted by Crippen LogP contribution is -2.09. The van der Waals surface area contributed by atoms with Crippen molar-refractivity contribution in [3.63, 3.8) is 0 Å². The van der Waals surface area contributed by atoms with Crippen molar-refractivity contribution in [3.05, 3.63) is 24.0 Å². The summed E-state index contributed by atoms with van der Waals surface area (Å²) in [5, 5.41) is 2.30. The first-order valence-corrected chi connectivity index (χ1v) is 4.80. The van der Waals surface area contributed by atoms with Gasteiger partial charge < -0.3 is 10.1 Å². The third-order valence-corrected chi connectivity index (χ3v) is 1.77. The minimum atomic E-state index is -0.577. The molecule has 1 rings (SSSR count). The van der Waals surface area contributed by atoms with Crippen LogP contribution in [0.3, 0.4) is 0 Å². The summed E-state index contributed by atoms with van der Waals surface area (Å²) < 4.78 is 18.1. The number of benzene rings is 1. The average Bonchev–Trinajstić information content (AvgIpc) is 2.22. The third kappa shape index (κ3) is 3.34. The SMILES string of the molecule is CCC(=O)Oc1ccc(F)c(NC(C)=O)c1. The topological polar surface area (TPSA) is 55.4 Å². The second-order valence-corrected chi connectivity index (χ2v) is 3.15. The van der Waals surface area contributed by atoms with Gasteiger partial charge in [0.2, 0.25) is 5.91 Å². The fourth-order valence-corrected chi connectivity index (χ4v) is 1.06. The van der Waals surface area contributed by atoms with Crippen molar-refractivity contribution < 1.29 is 18.7 Å². The van der Waals surface area contributed by atoms with Crippen molar-refractivity contribution in [2.45, 2.75) is 20.3 Å². The van der Waals surface area contributed by atoms with Gasteiger partial charge in [-0.15, -0.1) is 0 Å². The minimum absolute atomic E-state index is 0.00565. The first-order valence-electron chi connectivity index (χ1n) is 4.80. The zero-order valence-electron chi connectivity index (χ0n) is 9.04. The average molecular weight is 225 g/mol. The van der Waals surface area contributed by atoms with Crippen LogP contribution in [0, 0.1) is 5.82 Å². The molecule has 0 fully saturated rings. The highest BCUT2D eigenvalue weighted by Gasteiger charge is 2.07. The molecule has 0 spiro atoms. The third-order valence-electron chi connectivity index (χ3n) is 1.77. The number of carbonyl (C=O) groups excluding carboxylic acids is 2. The summed E-state index contributed by atoms with van der Waals surface area (Å²) in [6.45, 7) is 2.92. The van der Waals surface area contributed by atoms with Crippen LogP contribution in [0.1, 0.15) is 20.3 Å². The van der Waals surface area contributed by atoms with Crippen LogP contribution in [-0.2, 0) is 9.59 Å². The molecule has 0 radical (unpaired) electrons. The number of amides is 1. The Kier molecular flexibility index (Phi) is 3.99. The van der Waals surface area contributed by atoms with E-state index in [0.29, 0.717) is 0 Å². The van der Waals surface area contributed by atoms with Gasteiger partial charge in [0.1, 0.15) is 11.6 Å². The molecule has 0 unspecified atom stereocenters. The molecule has 86 valence electrons. The Morgan fingerprint density at radius 1 is 1.44 bits per heavy atom. The van der Waals surface area contributed by atoms with Crippen LogP contribution in [0.4, 0.5) is 10.1 Å². The molecule has 16 heavy (non-hydrogen) atoms. The monoisotopic (exact) mass is 225 g/mol. The molecule has 1 aromatic carbocycles. The summed E-state index contributed by atoms with van der Waals surface area (Å²) >= 11 is 0. The van der Waals surface area contributed by atoms with Gasteiger partial charge in [-0.1, -0.05) is 6.92 Å². The van der Waals surface area contributed by atoms with Gasteiger partial charge in [-0.3, -0.25) is 9.59 Å². The zero-order chi connectivity index (χ0) is 12.1. The molecular formula is C11H12FNO3. The Morgan fingerprint density at radius 2 is 2.12 bits per heavy atom. The summed E-state index contributed by atoms with van der Waals surface area (Å²) in [6, 6.07) is 3.72. The highest BCUT2D eigenvalue weighted by Crippen LogP contribution is 2.21. The Balaban J connectivity index is 2.88. The number of carbonyl (C=O) groups is 2. The van der Waals surface area contributed by atoms with Gasteiger partial charge in [0, 0.05) is 19.4 Å². The van der Waals surface area contributed by atoms with Crippen molar-refractivity contribution >= 4 is 17.6 Å². The Hall–Kier alpha value is -1.91. The van der Waals surface area contributed by atoms with E-state index in [-0.39, 0.29) is 17.9 Å². The number of hydrogen-bond acceptors (Lipinski definition) is 3. The molecule has 0 saturated carbocycles. The number of ether oxygens (including phenoxy) is 1. The second kappa shape index (κ2) is 5.25. The first kappa shape index (κ1) is 12.2. The maximum absolute atomic E-state index is 13.2. The van der Waals surface area contributed by atoms with Crippen LogP contribution in [0.25, 0.3) is 0 Å². The molecule has 0 bridgehead atoms. The maximum atomic E-state index is 13.2. The van der Waals surface area contributed by atoms with Crippen molar-refractivity contribution in [3.8, 4) is 5.75 Å². The summed E-state index contributed by atoms with van der Waals surface area (Å²) in [6.07, 6.45) is 0.229. The molecule has 0 aliphatic rings. The van der Waals surface area contributed by atoms with Gasteiger partial charge in [0.05, 0.1) is 5.69 Å². The van der Waals surface area contributed by atoms with E-state index in [4.69, 9.17) is 4.74 Å². The molecule has 0 heterocycles. The van der Waals surface area contributed by atoms with E-state index in [0.717, 1.165) is 6.07 Å². The van der Waals surface area contributed by atoms with Gasteiger partial charge >= 0.3 is 5.97 Å². The number of rotatable bonds is 3. The van der Waals surface area contributed by atoms with Crippen molar-refractivity contribution in [2.24, 2.45) is 0 Å². The molecule has 5 heteroatoms. The molecule has 0 atom stereocenters. The van der Waals surface area contributed by atoms with E-state index in [2.05, 4.69) is 5.32 Å². The van der Waals surface area contributed by atoms with Crippen molar-refractivity contribution in [1.29, 1.82) is 0 Å². The molecule has 1 amide bonds. The van der Waals surface area contributed by atoms with Gasteiger partial charge in [-0.25, -0.2) is 4.39 Å². The molecule has 0 saturated heterocycles. The maximum Gasteiger partial charge on any atom is 0.310 e. The largest absolute Gasteiger partial charge is 0.426 e. The lowest BCUT2D eigenvalue weighted by atomic mass is 10.3. The van der Waals surface area contributed by atoms with E-state index in [1.165, 1.54) is 19.1 Å². The smallest absolute Gasteiger partial charge is 0.310 e. The Morgan fingerprint density at radius 3 is 2.69 bits per heavy atom. The predicted molar refractivity (Wildman–Crippen MR) is 56.6 cm³/mol. The van der Waals surface area contributed by atoms with Crippen LogP contribution < -0.4 is 10.1 Å². The van der Waals surface area contributed by atoms with Gasteiger partial charge in [0.15, 0.2) is 0 Å². The summed E-state index contributed by atoms with van der Waals surface area (Å²) in [5.74, 6) is -1.18. The van der Waals surface area contributed by atoms with E-state index in [1.807, 2.05) is 0 Å². The Bertz CT molecular complexity index is 418. The summed E-state index contributed by atoms with van der Waals surface area (Å²) in [4.78, 5) is 21.8. The standard InChI is InChI=1S/C11H12FNO3/c1-3-11(15)16-8-4-5-9(12)10(6-8)13-7(2)14/h4-6H,3H2,1-2H3,(H,13,14). The van der Waals surface area contributed by atoms with Gasteiger partial charge in [-0.2, -0.15) is 0 Å².